The molecule has 78 valence electrons. The smallest absolute Gasteiger partial charge is 0.224 e. The third-order valence-corrected chi connectivity index (χ3v) is 2.87. The molecular weight excluding hydrogens is 210 g/mol. The molecule has 3 N–H and O–H groups in total. The summed E-state index contributed by atoms with van der Waals surface area (Å²) in [5, 5.41) is 3.32. The Kier molecular flexibility index (Phi) is 2.55. The number of amides is 1. The molecule has 0 saturated carbocycles. The number of nitrogens with two attached hydrogens (primary N) is 1. The number of hydrogen-bond donors (Lipinski definition) is 2. The average Bonchev–Trinajstić information content (AvgIpc) is 2.57. The number of carbonyl (C=O) groups is 1. The van der Waals surface area contributed by atoms with Crippen LogP contribution in [0.2, 0.25) is 0 Å². The second-order valence-corrected chi connectivity index (χ2v) is 4.20. The van der Waals surface area contributed by atoms with E-state index in [1.54, 1.807) is 0 Å². The molecule has 0 aliphatic rings. The first-order valence-corrected chi connectivity index (χ1v) is 5.46. The van der Waals surface area contributed by atoms with Gasteiger partial charge in [-0.25, -0.2) is 4.98 Å². The van der Waals surface area contributed by atoms with Gasteiger partial charge in [0, 0.05) is 12.1 Å². The number of hydrogen-bond acceptors (Lipinski definition) is 4. The maximum Gasteiger partial charge on any atom is 0.224 e. The largest absolute Gasteiger partial charge is 0.375 e. The van der Waals surface area contributed by atoms with Crippen molar-refractivity contribution in [3.8, 4) is 0 Å². The van der Waals surface area contributed by atoms with Crippen molar-refractivity contribution < 1.29 is 4.79 Å². The molecular formula is C10H11N3OS. The Morgan fingerprint density at radius 2 is 2.40 bits per heavy atom. The standard InChI is InChI=1S/C10H11N3OS/c1-2-9(14)12-6-3-4-8-7(5-6)13-10(11)15-8/h3-5H,2H2,1H3,(H2,11,13)(H,12,14). The highest BCUT2D eigenvalue weighted by atomic mass is 32.1. The van der Waals surface area contributed by atoms with Crippen LogP contribution in [-0.2, 0) is 4.79 Å². The number of nitrogen functional groups attached to an aromatic ring is 1. The van der Waals surface area contributed by atoms with Crippen LogP contribution in [0.5, 0.6) is 0 Å². The molecule has 1 amide bonds. The molecule has 0 fully saturated rings. The molecule has 5 heteroatoms. The zero-order chi connectivity index (χ0) is 10.8. The van der Waals surface area contributed by atoms with Gasteiger partial charge in [0.15, 0.2) is 5.13 Å². The predicted molar refractivity (Wildman–Crippen MR) is 63.0 cm³/mol. The van der Waals surface area contributed by atoms with E-state index >= 15 is 0 Å². The van der Waals surface area contributed by atoms with Crippen LogP contribution in [0, 0.1) is 0 Å². The van der Waals surface area contributed by atoms with E-state index < -0.39 is 0 Å². The normalized spacial score (nSPS) is 10.5. The molecule has 0 atom stereocenters. The molecule has 0 aliphatic heterocycles. The Hall–Kier alpha value is -1.62. The quantitative estimate of drug-likeness (QED) is 0.817. The lowest BCUT2D eigenvalue weighted by Gasteiger charge is -2.02. The van der Waals surface area contributed by atoms with Crippen LogP contribution in [0.1, 0.15) is 13.3 Å². The number of benzene rings is 1. The molecule has 4 nitrogen and oxygen atoms in total. The van der Waals surface area contributed by atoms with Gasteiger partial charge in [-0.1, -0.05) is 18.3 Å². The number of thiazole rings is 1. The van der Waals surface area contributed by atoms with E-state index in [2.05, 4.69) is 10.3 Å². The van der Waals surface area contributed by atoms with Gasteiger partial charge in [0.25, 0.3) is 0 Å². The lowest BCUT2D eigenvalue weighted by atomic mass is 10.3. The molecule has 2 rings (SSSR count). The maximum absolute atomic E-state index is 11.2. The number of nitrogens with one attached hydrogen (secondary N) is 1. The van der Waals surface area contributed by atoms with Crippen molar-refractivity contribution in [2.75, 3.05) is 11.1 Å². The third-order valence-electron chi connectivity index (χ3n) is 2.01. The van der Waals surface area contributed by atoms with Crippen molar-refractivity contribution in [3.05, 3.63) is 18.2 Å². The van der Waals surface area contributed by atoms with E-state index in [0.29, 0.717) is 11.6 Å². The van der Waals surface area contributed by atoms with Gasteiger partial charge >= 0.3 is 0 Å². The summed E-state index contributed by atoms with van der Waals surface area (Å²) in [5.41, 5.74) is 7.18. The van der Waals surface area contributed by atoms with Crippen LogP contribution >= 0.6 is 11.3 Å². The number of rotatable bonds is 2. The molecule has 15 heavy (non-hydrogen) atoms. The van der Waals surface area contributed by atoms with Gasteiger partial charge in [-0.2, -0.15) is 0 Å². The Balaban J connectivity index is 2.33. The van der Waals surface area contributed by atoms with E-state index in [-0.39, 0.29) is 5.91 Å². The summed E-state index contributed by atoms with van der Waals surface area (Å²) in [5.74, 6) is -0.00227. The lowest BCUT2D eigenvalue weighted by molar-refractivity contribution is -0.115. The lowest BCUT2D eigenvalue weighted by Crippen LogP contribution is -2.08. The first kappa shape index (κ1) is 9.92. The van der Waals surface area contributed by atoms with Crippen LogP contribution in [0.3, 0.4) is 0 Å². The molecule has 0 unspecified atom stereocenters. The van der Waals surface area contributed by atoms with Crippen LogP contribution < -0.4 is 11.1 Å². The molecule has 0 aliphatic carbocycles. The molecule has 0 radical (unpaired) electrons. The average molecular weight is 221 g/mol. The first-order valence-electron chi connectivity index (χ1n) is 4.65. The summed E-state index contributed by atoms with van der Waals surface area (Å²) in [6.07, 6.45) is 0.469. The molecule has 1 aromatic carbocycles. The number of anilines is 2. The zero-order valence-electron chi connectivity index (χ0n) is 8.28. The van der Waals surface area contributed by atoms with Gasteiger partial charge in [0.1, 0.15) is 0 Å². The van der Waals surface area contributed by atoms with Gasteiger partial charge in [0.05, 0.1) is 10.2 Å². The van der Waals surface area contributed by atoms with E-state index in [9.17, 15) is 4.79 Å². The van der Waals surface area contributed by atoms with Crippen LogP contribution in [-0.4, -0.2) is 10.9 Å². The van der Waals surface area contributed by atoms with Crippen molar-refractivity contribution in [1.82, 2.24) is 4.98 Å². The topological polar surface area (TPSA) is 68.0 Å². The Morgan fingerprint density at radius 1 is 1.60 bits per heavy atom. The monoisotopic (exact) mass is 221 g/mol. The summed E-state index contributed by atoms with van der Waals surface area (Å²) in [6, 6.07) is 5.60. The second kappa shape index (κ2) is 3.86. The number of aromatic nitrogens is 1. The summed E-state index contributed by atoms with van der Waals surface area (Å²) in [6.45, 7) is 1.81. The van der Waals surface area contributed by atoms with Crippen molar-refractivity contribution >= 4 is 38.3 Å². The van der Waals surface area contributed by atoms with E-state index in [4.69, 9.17) is 5.73 Å². The first-order chi connectivity index (χ1) is 7.19. The van der Waals surface area contributed by atoms with Gasteiger partial charge in [-0.3, -0.25) is 4.79 Å². The van der Waals surface area contributed by atoms with E-state index in [1.165, 1.54) is 11.3 Å². The molecule has 1 heterocycles. The molecule has 0 saturated heterocycles. The summed E-state index contributed by atoms with van der Waals surface area (Å²) < 4.78 is 1.03. The number of fused-ring (bicyclic) bond motifs is 1. The van der Waals surface area contributed by atoms with E-state index in [1.807, 2.05) is 25.1 Å². The molecule has 0 spiro atoms. The minimum absolute atomic E-state index is 0.00227. The van der Waals surface area contributed by atoms with Gasteiger partial charge in [-0.15, -0.1) is 0 Å². The van der Waals surface area contributed by atoms with E-state index in [0.717, 1.165) is 15.9 Å². The fourth-order valence-corrected chi connectivity index (χ4v) is 1.99. The Bertz CT molecular complexity index is 506. The van der Waals surface area contributed by atoms with Crippen LogP contribution in [0.15, 0.2) is 18.2 Å². The molecule has 2 aromatic rings. The fraction of sp³-hybridized carbons (Fsp3) is 0.200. The van der Waals surface area contributed by atoms with Crippen molar-refractivity contribution in [1.29, 1.82) is 0 Å². The summed E-state index contributed by atoms with van der Waals surface area (Å²) in [7, 11) is 0. The Labute approximate surface area is 91.1 Å². The van der Waals surface area contributed by atoms with Crippen LogP contribution in [0.25, 0.3) is 10.2 Å². The third kappa shape index (κ3) is 2.07. The highest BCUT2D eigenvalue weighted by Crippen LogP contribution is 2.26. The number of nitrogens with zero attached hydrogens (tertiary/aromatic N) is 1. The summed E-state index contributed by atoms with van der Waals surface area (Å²) >= 11 is 1.44. The SMILES string of the molecule is CCC(=O)Nc1ccc2sc(N)nc2c1. The molecule has 0 bridgehead atoms. The van der Waals surface area contributed by atoms with Gasteiger partial charge in [-0.05, 0) is 18.2 Å². The maximum atomic E-state index is 11.2. The fourth-order valence-electron chi connectivity index (χ4n) is 1.27. The van der Waals surface area contributed by atoms with Gasteiger partial charge in [0.2, 0.25) is 5.91 Å². The van der Waals surface area contributed by atoms with Crippen molar-refractivity contribution in [2.45, 2.75) is 13.3 Å². The highest BCUT2D eigenvalue weighted by molar-refractivity contribution is 7.22. The minimum Gasteiger partial charge on any atom is -0.375 e. The van der Waals surface area contributed by atoms with Gasteiger partial charge < -0.3 is 11.1 Å². The zero-order valence-corrected chi connectivity index (χ0v) is 9.10. The minimum atomic E-state index is -0.00227. The predicted octanol–water partition coefficient (Wildman–Crippen LogP) is 2.23. The van der Waals surface area contributed by atoms with Crippen molar-refractivity contribution in [2.24, 2.45) is 0 Å². The highest BCUT2D eigenvalue weighted by Gasteiger charge is 2.03. The van der Waals surface area contributed by atoms with Crippen LogP contribution in [0.4, 0.5) is 10.8 Å². The Morgan fingerprint density at radius 3 is 3.13 bits per heavy atom. The van der Waals surface area contributed by atoms with Crippen molar-refractivity contribution in [3.63, 3.8) is 0 Å². The molecule has 1 aromatic heterocycles. The number of carbonyl (C=O) groups excluding carboxylic acids is 1. The summed E-state index contributed by atoms with van der Waals surface area (Å²) in [4.78, 5) is 15.3. The second-order valence-electron chi connectivity index (χ2n) is 3.14.